The number of benzene rings is 1. The van der Waals surface area contributed by atoms with E-state index >= 15 is 0 Å². The number of hydrogen-bond donors (Lipinski definition) is 1. The molecule has 1 aliphatic heterocycles. The maximum absolute atomic E-state index is 10.7. The van der Waals surface area contributed by atoms with Crippen LogP contribution >= 0.6 is 0 Å². The van der Waals surface area contributed by atoms with E-state index in [4.69, 9.17) is 0 Å². The van der Waals surface area contributed by atoms with Crippen molar-refractivity contribution >= 4 is 23.0 Å². The molecule has 0 radical (unpaired) electrons. The van der Waals surface area contributed by atoms with Gasteiger partial charge in [0.25, 0.3) is 0 Å². The third kappa shape index (κ3) is 2.44. The number of hydrogen-bond acceptors (Lipinski definition) is 4. The van der Waals surface area contributed by atoms with E-state index in [1.165, 1.54) is 0 Å². The van der Waals surface area contributed by atoms with E-state index in [9.17, 15) is 9.90 Å². The lowest BCUT2D eigenvalue weighted by Gasteiger charge is -2.30. The second kappa shape index (κ2) is 4.97. The Kier molecular flexibility index (Phi) is 3.17. The number of aliphatic hydroxyl groups excluding tert-OH is 1. The van der Waals surface area contributed by atoms with Crippen LogP contribution in [0.5, 0.6) is 0 Å². The van der Waals surface area contributed by atoms with Gasteiger partial charge in [-0.3, -0.25) is 4.79 Å². The fourth-order valence-electron chi connectivity index (χ4n) is 2.48. The number of rotatable bonds is 2. The topological polar surface area (TPSA) is 53.4 Å². The first-order valence-corrected chi connectivity index (χ1v) is 6.55. The van der Waals surface area contributed by atoms with Gasteiger partial charge in [0.1, 0.15) is 12.1 Å². The van der Waals surface area contributed by atoms with E-state index < -0.39 is 0 Å². The van der Waals surface area contributed by atoms with E-state index in [-0.39, 0.29) is 6.10 Å². The number of pyridine rings is 1. The number of fused-ring (bicyclic) bond motifs is 1. The first-order valence-electron chi connectivity index (χ1n) is 6.55. The monoisotopic (exact) mass is 256 g/mol. The Morgan fingerprint density at radius 2 is 2.00 bits per heavy atom. The van der Waals surface area contributed by atoms with E-state index in [0.717, 1.165) is 48.9 Å². The molecule has 0 unspecified atom stereocenters. The van der Waals surface area contributed by atoms with E-state index in [0.29, 0.717) is 5.56 Å². The molecule has 3 rings (SSSR count). The average molecular weight is 256 g/mol. The lowest BCUT2D eigenvalue weighted by Crippen LogP contribution is -2.36. The van der Waals surface area contributed by atoms with Crippen molar-refractivity contribution in [1.82, 2.24) is 4.98 Å². The number of aliphatic hydroxyl groups is 1. The third-order valence-corrected chi connectivity index (χ3v) is 3.62. The van der Waals surface area contributed by atoms with Crippen molar-refractivity contribution in [3.8, 4) is 0 Å². The summed E-state index contributed by atoms with van der Waals surface area (Å²) in [5.41, 5.74) is 1.57. The number of carbonyl (C=O) groups is 1. The van der Waals surface area contributed by atoms with Crippen LogP contribution < -0.4 is 4.90 Å². The standard InChI is InChI=1S/C15H16N2O2/c18-10-11-1-3-14-12(9-11)2-4-15(16-14)17-7-5-13(19)6-8-17/h1-4,9-10,13,19H,5-8H2. The minimum atomic E-state index is -0.174. The van der Waals surface area contributed by atoms with Crippen molar-refractivity contribution in [3.05, 3.63) is 35.9 Å². The first-order chi connectivity index (χ1) is 9.26. The van der Waals surface area contributed by atoms with Gasteiger partial charge in [-0.25, -0.2) is 4.98 Å². The van der Waals surface area contributed by atoms with E-state index in [2.05, 4.69) is 9.88 Å². The predicted molar refractivity (Wildman–Crippen MR) is 74.6 cm³/mol. The summed E-state index contributed by atoms with van der Waals surface area (Å²) in [6.07, 6.45) is 2.26. The summed E-state index contributed by atoms with van der Waals surface area (Å²) in [5.74, 6) is 0.943. The van der Waals surface area contributed by atoms with Crippen LogP contribution in [0.1, 0.15) is 23.2 Å². The Morgan fingerprint density at radius 3 is 2.74 bits per heavy atom. The van der Waals surface area contributed by atoms with Gasteiger partial charge in [-0.15, -0.1) is 0 Å². The van der Waals surface area contributed by atoms with Gasteiger partial charge in [0.15, 0.2) is 0 Å². The van der Waals surface area contributed by atoms with Crippen molar-refractivity contribution in [2.75, 3.05) is 18.0 Å². The molecule has 0 amide bonds. The summed E-state index contributed by atoms with van der Waals surface area (Å²) in [4.78, 5) is 17.6. The normalized spacial score (nSPS) is 16.8. The first kappa shape index (κ1) is 12.1. The van der Waals surface area contributed by atoms with Crippen molar-refractivity contribution < 1.29 is 9.90 Å². The SMILES string of the molecule is O=Cc1ccc2nc(N3CCC(O)CC3)ccc2c1. The molecule has 1 aromatic carbocycles. The molecule has 1 fully saturated rings. The van der Waals surface area contributed by atoms with Gasteiger partial charge in [-0.1, -0.05) is 0 Å². The minimum absolute atomic E-state index is 0.174. The highest BCUT2D eigenvalue weighted by Crippen LogP contribution is 2.22. The second-order valence-electron chi connectivity index (χ2n) is 4.96. The van der Waals surface area contributed by atoms with Gasteiger partial charge >= 0.3 is 0 Å². The molecule has 2 aromatic rings. The highest BCUT2D eigenvalue weighted by molar-refractivity contribution is 5.87. The molecule has 0 aliphatic carbocycles. The second-order valence-corrected chi connectivity index (χ2v) is 4.96. The molecule has 1 N–H and O–H groups in total. The maximum atomic E-state index is 10.7. The van der Waals surface area contributed by atoms with Crippen LogP contribution in [-0.2, 0) is 0 Å². The van der Waals surface area contributed by atoms with E-state index in [1.807, 2.05) is 24.3 Å². The van der Waals surface area contributed by atoms with Crippen molar-refractivity contribution in [2.45, 2.75) is 18.9 Å². The number of aromatic nitrogens is 1. The molecule has 1 saturated heterocycles. The quantitative estimate of drug-likeness (QED) is 0.835. The van der Waals surface area contributed by atoms with Gasteiger partial charge < -0.3 is 10.0 Å². The molecule has 19 heavy (non-hydrogen) atoms. The van der Waals surface area contributed by atoms with Crippen LogP contribution in [0.25, 0.3) is 10.9 Å². The molecule has 0 atom stereocenters. The number of piperidine rings is 1. The van der Waals surface area contributed by atoms with Gasteiger partial charge in [-0.2, -0.15) is 0 Å². The molecule has 4 heteroatoms. The molecule has 0 saturated carbocycles. The van der Waals surface area contributed by atoms with Crippen molar-refractivity contribution in [2.24, 2.45) is 0 Å². The van der Waals surface area contributed by atoms with Crippen molar-refractivity contribution in [1.29, 1.82) is 0 Å². The van der Waals surface area contributed by atoms with E-state index in [1.54, 1.807) is 6.07 Å². The smallest absolute Gasteiger partial charge is 0.150 e. The Bertz CT molecular complexity index is 604. The third-order valence-electron chi connectivity index (χ3n) is 3.62. The zero-order chi connectivity index (χ0) is 13.2. The Hall–Kier alpha value is -1.94. The molecule has 1 aromatic heterocycles. The predicted octanol–water partition coefficient (Wildman–Crippen LogP) is 2.01. The van der Waals surface area contributed by atoms with Gasteiger partial charge in [0.2, 0.25) is 0 Å². The lowest BCUT2D eigenvalue weighted by molar-refractivity contribution is 0.112. The fourth-order valence-corrected chi connectivity index (χ4v) is 2.48. The Labute approximate surface area is 111 Å². The molecule has 0 bridgehead atoms. The number of nitrogens with zero attached hydrogens (tertiary/aromatic N) is 2. The van der Waals surface area contributed by atoms with Crippen LogP contribution in [-0.4, -0.2) is 35.6 Å². The highest BCUT2D eigenvalue weighted by atomic mass is 16.3. The number of aldehydes is 1. The molecule has 2 heterocycles. The molecule has 1 aliphatic rings. The summed E-state index contributed by atoms with van der Waals surface area (Å²) in [6, 6.07) is 9.48. The summed E-state index contributed by atoms with van der Waals surface area (Å²) in [7, 11) is 0. The average Bonchev–Trinajstić information content (AvgIpc) is 2.47. The van der Waals surface area contributed by atoms with Crippen LogP contribution in [0, 0.1) is 0 Å². The summed E-state index contributed by atoms with van der Waals surface area (Å²) < 4.78 is 0. The van der Waals surface area contributed by atoms with Crippen LogP contribution in [0.15, 0.2) is 30.3 Å². The van der Waals surface area contributed by atoms with Gasteiger partial charge in [0.05, 0.1) is 11.6 Å². The number of anilines is 1. The Balaban J connectivity index is 1.91. The lowest BCUT2D eigenvalue weighted by atomic mass is 10.1. The zero-order valence-corrected chi connectivity index (χ0v) is 10.6. The largest absolute Gasteiger partial charge is 0.393 e. The van der Waals surface area contributed by atoms with Crippen molar-refractivity contribution in [3.63, 3.8) is 0 Å². The minimum Gasteiger partial charge on any atom is -0.393 e. The molecular weight excluding hydrogens is 240 g/mol. The maximum Gasteiger partial charge on any atom is 0.150 e. The number of carbonyl (C=O) groups excluding carboxylic acids is 1. The molecule has 4 nitrogen and oxygen atoms in total. The fraction of sp³-hybridized carbons (Fsp3) is 0.333. The Morgan fingerprint density at radius 1 is 1.21 bits per heavy atom. The molecule has 0 spiro atoms. The molecular formula is C15H16N2O2. The van der Waals surface area contributed by atoms with Crippen LogP contribution in [0.4, 0.5) is 5.82 Å². The summed E-state index contributed by atoms with van der Waals surface area (Å²) in [6.45, 7) is 1.68. The van der Waals surface area contributed by atoms with Gasteiger partial charge in [-0.05, 0) is 43.2 Å². The highest BCUT2D eigenvalue weighted by Gasteiger charge is 2.18. The van der Waals surface area contributed by atoms with Gasteiger partial charge in [0, 0.05) is 24.0 Å². The molecule has 98 valence electrons. The summed E-state index contributed by atoms with van der Waals surface area (Å²) in [5, 5.41) is 10.5. The van der Waals surface area contributed by atoms with Crippen LogP contribution in [0.3, 0.4) is 0 Å². The summed E-state index contributed by atoms with van der Waals surface area (Å²) >= 11 is 0. The van der Waals surface area contributed by atoms with Crippen LogP contribution in [0.2, 0.25) is 0 Å². The zero-order valence-electron chi connectivity index (χ0n) is 10.6.